The van der Waals surface area contributed by atoms with Crippen LogP contribution in [0.2, 0.25) is 0 Å². The van der Waals surface area contributed by atoms with E-state index in [4.69, 9.17) is 0 Å². The summed E-state index contributed by atoms with van der Waals surface area (Å²) in [5, 5.41) is 3.31. The number of likely N-dealkylation sites (tertiary alicyclic amines) is 1. The lowest BCUT2D eigenvalue weighted by molar-refractivity contribution is -0.136. The van der Waals surface area contributed by atoms with Crippen LogP contribution >= 0.6 is 0 Å². The first-order chi connectivity index (χ1) is 6.79. The minimum absolute atomic E-state index is 0.254. The summed E-state index contributed by atoms with van der Waals surface area (Å²) in [5.41, 5.74) is 0. The predicted molar refractivity (Wildman–Crippen MR) is 56.0 cm³/mol. The Balaban J connectivity index is 1.92. The summed E-state index contributed by atoms with van der Waals surface area (Å²) in [6.45, 7) is 5.12. The van der Waals surface area contributed by atoms with E-state index in [2.05, 4.69) is 17.1 Å². The fourth-order valence-electron chi connectivity index (χ4n) is 2.56. The molecule has 0 spiro atoms. The quantitative estimate of drug-likeness (QED) is 0.678. The minimum Gasteiger partial charge on any atom is -0.340 e. The fraction of sp³-hybridized carbons (Fsp3) is 0.909. The monoisotopic (exact) mass is 196 g/mol. The molecular formula is C11H20N2O. The van der Waals surface area contributed by atoms with Crippen LogP contribution in [-0.4, -0.2) is 36.5 Å². The van der Waals surface area contributed by atoms with Gasteiger partial charge in [-0.1, -0.05) is 0 Å². The highest BCUT2D eigenvalue weighted by molar-refractivity contribution is 5.79. The van der Waals surface area contributed by atoms with Crippen molar-refractivity contribution in [2.75, 3.05) is 19.6 Å². The van der Waals surface area contributed by atoms with Gasteiger partial charge in [0.05, 0.1) is 5.92 Å². The third-order valence-electron chi connectivity index (χ3n) is 3.48. The maximum atomic E-state index is 12.1. The van der Waals surface area contributed by atoms with Crippen LogP contribution < -0.4 is 5.32 Å². The summed E-state index contributed by atoms with van der Waals surface area (Å²) in [6.07, 6.45) is 4.60. The van der Waals surface area contributed by atoms with Gasteiger partial charge >= 0.3 is 0 Å². The topological polar surface area (TPSA) is 32.3 Å². The van der Waals surface area contributed by atoms with Crippen molar-refractivity contribution in [2.45, 2.75) is 38.6 Å². The molecule has 0 radical (unpaired) electrons. The van der Waals surface area contributed by atoms with E-state index < -0.39 is 0 Å². The lowest BCUT2D eigenvalue weighted by Gasteiger charge is -2.29. The van der Waals surface area contributed by atoms with Gasteiger partial charge in [-0.15, -0.1) is 0 Å². The predicted octanol–water partition coefficient (Wildman–Crippen LogP) is 0.997. The highest BCUT2D eigenvalue weighted by Gasteiger charge is 2.31. The fourth-order valence-corrected chi connectivity index (χ4v) is 2.56. The van der Waals surface area contributed by atoms with Gasteiger partial charge in [-0.2, -0.15) is 0 Å². The molecule has 80 valence electrons. The summed E-state index contributed by atoms with van der Waals surface area (Å²) in [5.74, 6) is 0.645. The molecule has 0 bridgehead atoms. The molecule has 0 saturated carbocycles. The van der Waals surface area contributed by atoms with E-state index in [0.717, 1.165) is 32.5 Å². The summed E-state index contributed by atoms with van der Waals surface area (Å²) in [4.78, 5) is 14.2. The molecule has 0 aromatic rings. The molecular weight excluding hydrogens is 176 g/mol. The van der Waals surface area contributed by atoms with Crippen LogP contribution in [0.15, 0.2) is 0 Å². The Labute approximate surface area is 85.8 Å². The lowest BCUT2D eigenvalue weighted by Crippen LogP contribution is -2.44. The van der Waals surface area contributed by atoms with Crippen LogP contribution in [0.3, 0.4) is 0 Å². The third kappa shape index (κ3) is 1.92. The van der Waals surface area contributed by atoms with E-state index in [0.29, 0.717) is 11.9 Å². The van der Waals surface area contributed by atoms with Crippen LogP contribution in [-0.2, 0) is 4.79 Å². The lowest BCUT2D eigenvalue weighted by atomic mass is 9.98. The second-order valence-corrected chi connectivity index (χ2v) is 4.57. The number of carbonyl (C=O) groups excluding carboxylic acids is 1. The molecule has 2 heterocycles. The summed E-state index contributed by atoms with van der Waals surface area (Å²) in [7, 11) is 0. The highest BCUT2D eigenvalue weighted by Crippen LogP contribution is 2.21. The Hall–Kier alpha value is -0.570. The van der Waals surface area contributed by atoms with E-state index in [1.54, 1.807) is 0 Å². The molecule has 14 heavy (non-hydrogen) atoms. The molecule has 1 N–H and O–H groups in total. The number of carbonyl (C=O) groups is 1. The largest absolute Gasteiger partial charge is 0.340 e. The average Bonchev–Trinajstić information content (AvgIpc) is 2.65. The zero-order valence-electron chi connectivity index (χ0n) is 8.96. The third-order valence-corrected chi connectivity index (χ3v) is 3.48. The minimum atomic E-state index is 0.254. The van der Waals surface area contributed by atoms with Crippen molar-refractivity contribution in [1.82, 2.24) is 10.2 Å². The standard InChI is InChI=1S/C11H20N2O/c1-9-4-3-7-13(9)11(14)10-5-2-6-12-8-10/h9-10,12H,2-8H2,1H3/t9?,10-/m0/s1. The Morgan fingerprint density at radius 3 is 2.79 bits per heavy atom. The van der Waals surface area contributed by atoms with Gasteiger partial charge in [0, 0.05) is 19.1 Å². The second-order valence-electron chi connectivity index (χ2n) is 4.57. The van der Waals surface area contributed by atoms with Gasteiger partial charge in [-0.05, 0) is 39.2 Å². The highest BCUT2D eigenvalue weighted by atomic mass is 16.2. The number of hydrogen-bond donors (Lipinski definition) is 1. The molecule has 2 atom stereocenters. The van der Waals surface area contributed by atoms with Crippen LogP contribution in [0, 0.1) is 5.92 Å². The van der Waals surface area contributed by atoms with Gasteiger partial charge in [0.2, 0.25) is 5.91 Å². The Kier molecular flexibility index (Phi) is 3.06. The molecule has 3 nitrogen and oxygen atoms in total. The van der Waals surface area contributed by atoms with Crippen molar-refractivity contribution in [3.63, 3.8) is 0 Å². The molecule has 2 aliphatic rings. The number of hydrogen-bond acceptors (Lipinski definition) is 2. The number of nitrogens with one attached hydrogen (secondary N) is 1. The first-order valence-corrected chi connectivity index (χ1v) is 5.80. The first-order valence-electron chi connectivity index (χ1n) is 5.80. The Morgan fingerprint density at radius 2 is 2.21 bits per heavy atom. The van der Waals surface area contributed by atoms with Crippen molar-refractivity contribution in [3.8, 4) is 0 Å². The molecule has 2 saturated heterocycles. The Morgan fingerprint density at radius 1 is 1.36 bits per heavy atom. The molecule has 0 aromatic carbocycles. The number of amides is 1. The van der Waals surface area contributed by atoms with Crippen molar-refractivity contribution in [1.29, 1.82) is 0 Å². The van der Waals surface area contributed by atoms with Gasteiger partial charge in [0.15, 0.2) is 0 Å². The zero-order valence-corrected chi connectivity index (χ0v) is 8.96. The van der Waals surface area contributed by atoms with E-state index in [9.17, 15) is 4.79 Å². The number of nitrogens with zero attached hydrogens (tertiary/aromatic N) is 1. The first kappa shape index (κ1) is 9.97. The smallest absolute Gasteiger partial charge is 0.227 e. The number of piperidine rings is 1. The van der Waals surface area contributed by atoms with Gasteiger partial charge in [0.1, 0.15) is 0 Å². The normalized spacial score (nSPS) is 33.4. The molecule has 0 aliphatic carbocycles. The van der Waals surface area contributed by atoms with Crippen LogP contribution in [0.4, 0.5) is 0 Å². The SMILES string of the molecule is CC1CCCN1C(=O)[C@H]1CCCNC1. The van der Waals surface area contributed by atoms with E-state index in [1.807, 2.05) is 0 Å². The van der Waals surface area contributed by atoms with Gasteiger partial charge < -0.3 is 10.2 Å². The van der Waals surface area contributed by atoms with Gasteiger partial charge in [-0.25, -0.2) is 0 Å². The molecule has 1 amide bonds. The summed E-state index contributed by atoms with van der Waals surface area (Å²) in [6, 6.07) is 0.476. The van der Waals surface area contributed by atoms with Crippen molar-refractivity contribution < 1.29 is 4.79 Å². The molecule has 3 heteroatoms. The van der Waals surface area contributed by atoms with E-state index in [1.165, 1.54) is 12.8 Å². The zero-order chi connectivity index (χ0) is 9.97. The van der Waals surface area contributed by atoms with Gasteiger partial charge in [0.25, 0.3) is 0 Å². The maximum Gasteiger partial charge on any atom is 0.227 e. The number of rotatable bonds is 1. The second kappa shape index (κ2) is 4.30. The van der Waals surface area contributed by atoms with E-state index >= 15 is 0 Å². The Bertz CT molecular complexity index is 211. The van der Waals surface area contributed by atoms with Crippen LogP contribution in [0.1, 0.15) is 32.6 Å². The molecule has 2 rings (SSSR count). The van der Waals surface area contributed by atoms with Crippen molar-refractivity contribution in [2.24, 2.45) is 5.92 Å². The molecule has 0 aromatic heterocycles. The van der Waals surface area contributed by atoms with Crippen molar-refractivity contribution >= 4 is 5.91 Å². The van der Waals surface area contributed by atoms with E-state index in [-0.39, 0.29) is 5.92 Å². The summed E-state index contributed by atoms with van der Waals surface area (Å²) < 4.78 is 0. The van der Waals surface area contributed by atoms with Crippen LogP contribution in [0.25, 0.3) is 0 Å². The summed E-state index contributed by atoms with van der Waals surface area (Å²) >= 11 is 0. The van der Waals surface area contributed by atoms with Crippen molar-refractivity contribution in [3.05, 3.63) is 0 Å². The average molecular weight is 196 g/mol. The molecule has 2 aliphatic heterocycles. The van der Waals surface area contributed by atoms with Gasteiger partial charge in [-0.3, -0.25) is 4.79 Å². The molecule has 2 fully saturated rings. The molecule has 1 unspecified atom stereocenters. The maximum absolute atomic E-state index is 12.1. The van der Waals surface area contributed by atoms with Crippen LogP contribution in [0.5, 0.6) is 0 Å².